The minimum atomic E-state index is -4.42. The number of hydrogen-bond acceptors (Lipinski definition) is 9. The van der Waals surface area contributed by atoms with E-state index in [0.717, 1.165) is 64.2 Å². The first-order valence-corrected chi connectivity index (χ1v) is 22.3. The van der Waals surface area contributed by atoms with E-state index in [1.165, 1.54) is 19.3 Å². The lowest BCUT2D eigenvalue weighted by molar-refractivity contribution is -0.161. The number of hydrogen-bond donors (Lipinski definition) is 2. The van der Waals surface area contributed by atoms with Gasteiger partial charge in [0.2, 0.25) is 0 Å². The zero-order valence-electron chi connectivity index (χ0n) is 34.3. The molecule has 0 radical (unpaired) electrons. The van der Waals surface area contributed by atoms with Gasteiger partial charge in [-0.05, 0) is 89.9 Å². The molecule has 1 heterocycles. The van der Waals surface area contributed by atoms with Gasteiger partial charge < -0.3 is 24.8 Å². The Balaban J connectivity index is 2.31. The number of phosphoric ester groups is 1. The average Bonchev–Trinajstić information content (AvgIpc) is 3.94. The summed E-state index contributed by atoms with van der Waals surface area (Å²) >= 11 is 0. The third-order valence-electron chi connectivity index (χ3n) is 8.38. The number of esters is 2. The lowest BCUT2D eigenvalue weighted by atomic mass is 10.1. The van der Waals surface area contributed by atoms with Gasteiger partial charge in [-0.25, -0.2) is 4.57 Å². The van der Waals surface area contributed by atoms with Gasteiger partial charge in [0.25, 0.3) is 0 Å². The highest BCUT2D eigenvalue weighted by Crippen LogP contribution is 2.43. The van der Waals surface area contributed by atoms with E-state index in [1.54, 1.807) is 0 Å². The fourth-order valence-corrected chi connectivity index (χ4v) is 5.99. The van der Waals surface area contributed by atoms with E-state index in [1.807, 2.05) is 6.08 Å². The van der Waals surface area contributed by atoms with Gasteiger partial charge in [0.15, 0.2) is 6.10 Å². The van der Waals surface area contributed by atoms with Crippen molar-refractivity contribution in [3.8, 4) is 0 Å². The van der Waals surface area contributed by atoms with Crippen molar-refractivity contribution in [3.63, 3.8) is 0 Å². The van der Waals surface area contributed by atoms with Gasteiger partial charge in [-0.3, -0.25) is 18.6 Å². The van der Waals surface area contributed by atoms with Gasteiger partial charge in [-0.1, -0.05) is 124 Å². The van der Waals surface area contributed by atoms with Crippen LogP contribution in [0.2, 0.25) is 0 Å². The molecule has 10 nitrogen and oxygen atoms in total. The van der Waals surface area contributed by atoms with E-state index in [4.69, 9.17) is 29.0 Å². The molecule has 3 N–H and O–H groups in total. The second-order valence-corrected chi connectivity index (χ2v) is 15.0. The molecule has 0 aromatic carbocycles. The van der Waals surface area contributed by atoms with Gasteiger partial charge in [-0.2, -0.15) is 0 Å². The predicted molar refractivity (Wildman–Crippen MR) is 228 cm³/mol. The third kappa shape index (κ3) is 33.1. The summed E-state index contributed by atoms with van der Waals surface area (Å²) in [5, 5.41) is 0. The Labute approximate surface area is 338 Å². The molecule has 1 aliphatic heterocycles. The van der Waals surface area contributed by atoms with Crippen LogP contribution in [0.15, 0.2) is 97.2 Å². The number of nitrogens with two attached hydrogens (primary N) is 1. The van der Waals surface area contributed by atoms with Crippen LogP contribution in [0.4, 0.5) is 0 Å². The van der Waals surface area contributed by atoms with Crippen molar-refractivity contribution in [1.82, 2.24) is 0 Å². The van der Waals surface area contributed by atoms with Crippen molar-refractivity contribution in [2.24, 2.45) is 5.73 Å². The third-order valence-corrected chi connectivity index (χ3v) is 9.36. The lowest BCUT2D eigenvalue weighted by Crippen LogP contribution is -2.29. The normalized spacial score (nSPS) is 17.9. The molecule has 11 heteroatoms. The van der Waals surface area contributed by atoms with Crippen molar-refractivity contribution in [1.29, 1.82) is 0 Å². The summed E-state index contributed by atoms with van der Waals surface area (Å²) in [4.78, 5) is 34.9. The second kappa shape index (κ2) is 36.2. The van der Waals surface area contributed by atoms with Gasteiger partial charge in [0.1, 0.15) is 6.61 Å². The molecule has 1 aliphatic rings. The maximum absolute atomic E-state index is 12.6. The zero-order chi connectivity index (χ0) is 40.8. The highest BCUT2D eigenvalue weighted by molar-refractivity contribution is 7.47. The molecule has 1 fully saturated rings. The van der Waals surface area contributed by atoms with Crippen molar-refractivity contribution < 1.29 is 42.3 Å². The van der Waals surface area contributed by atoms with Crippen LogP contribution in [-0.2, 0) is 37.4 Å². The molecule has 0 aromatic rings. The minimum absolute atomic E-state index is 0.0281. The molecule has 316 valence electrons. The van der Waals surface area contributed by atoms with Crippen LogP contribution >= 0.6 is 7.82 Å². The Hall–Kier alpha value is -3.11. The van der Waals surface area contributed by atoms with Crippen LogP contribution in [-0.4, -0.2) is 61.5 Å². The second-order valence-electron chi connectivity index (χ2n) is 13.5. The van der Waals surface area contributed by atoms with E-state index in [0.29, 0.717) is 19.3 Å². The van der Waals surface area contributed by atoms with Gasteiger partial charge in [0, 0.05) is 19.4 Å². The molecule has 1 saturated heterocycles. The smallest absolute Gasteiger partial charge is 0.462 e. The molecule has 0 amide bonds. The Morgan fingerprint density at radius 2 is 1.20 bits per heavy atom. The summed E-state index contributed by atoms with van der Waals surface area (Å²) in [5.41, 5.74) is 5.34. The molecular formula is C45H72NO9P. The molecule has 0 spiro atoms. The van der Waals surface area contributed by atoms with Crippen molar-refractivity contribution >= 4 is 19.8 Å². The van der Waals surface area contributed by atoms with Crippen LogP contribution < -0.4 is 5.73 Å². The predicted octanol–water partition coefficient (Wildman–Crippen LogP) is 10.8. The molecule has 4 atom stereocenters. The summed E-state index contributed by atoms with van der Waals surface area (Å²) < 4.78 is 38.4. The van der Waals surface area contributed by atoms with Gasteiger partial charge in [0.05, 0.1) is 25.4 Å². The van der Waals surface area contributed by atoms with Gasteiger partial charge >= 0.3 is 19.8 Å². The summed E-state index contributed by atoms with van der Waals surface area (Å²) in [6, 6.07) is 0. The molecule has 0 bridgehead atoms. The molecule has 1 rings (SSSR count). The van der Waals surface area contributed by atoms with Crippen LogP contribution in [0.1, 0.15) is 129 Å². The van der Waals surface area contributed by atoms with E-state index < -0.39 is 32.5 Å². The fourth-order valence-electron chi connectivity index (χ4n) is 5.22. The number of epoxide rings is 1. The fraction of sp³-hybridized carbons (Fsp3) is 0.600. The topological polar surface area (TPSA) is 147 Å². The van der Waals surface area contributed by atoms with Crippen LogP contribution in [0.5, 0.6) is 0 Å². The summed E-state index contributed by atoms with van der Waals surface area (Å²) in [6.45, 7) is 3.40. The van der Waals surface area contributed by atoms with Crippen molar-refractivity contribution in [2.45, 2.75) is 148 Å². The van der Waals surface area contributed by atoms with E-state index >= 15 is 0 Å². The Morgan fingerprint density at radius 3 is 1.77 bits per heavy atom. The number of allylic oxidation sites excluding steroid dienone is 15. The number of phosphoric acid groups is 1. The number of carbonyl (C=O) groups is 2. The highest BCUT2D eigenvalue weighted by Gasteiger charge is 2.36. The number of unbranched alkanes of at least 4 members (excludes halogenated alkanes) is 4. The monoisotopic (exact) mass is 801 g/mol. The van der Waals surface area contributed by atoms with Crippen molar-refractivity contribution in [3.05, 3.63) is 97.2 Å². The summed E-state index contributed by atoms with van der Waals surface area (Å²) in [6.07, 6.45) is 48.9. The first-order valence-electron chi connectivity index (χ1n) is 20.8. The molecular weight excluding hydrogens is 729 g/mol. The molecule has 3 unspecified atom stereocenters. The largest absolute Gasteiger partial charge is 0.472 e. The van der Waals surface area contributed by atoms with E-state index in [9.17, 15) is 19.0 Å². The lowest BCUT2D eigenvalue weighted by Gasteiger charge is -2.19. The molecule has 56 heavy (non-hydrogen) atoms. The standard InChI is InChI=1S/C45H72NO9P/c1-3-5-7-9-11-13-15-17-18-19-20-21-23-25-27-29-31-35-45(48)54-41(40-53-56(49,50)52-38-37-46)39-51-44(47)36-32-34-43-42(55-43)33-30-28-26-24-22-16-14-12-10-8-6-4-2/h5,7,11-14,17-18,20-22,24-25,27-28,30,41-43H,3-4,6,8-10,15-16,19,23,26,29,31-40,46H2,1-2H3,(H,49,50)/b7-5-,13-11-,14-12-,18-17-,21-20-,24-22-,27-25-,30-28-/t41-,42?,43?/m1/s1. The number of ether oxygens (including phenoxy) is 3. The van der Waals surface area contributed by atoms with Crippen molar-refractivity contribution in [2.75, 3.05) is 26.4 Å². The average molecular weight is 802 g/mol. The van der Waals surface area contributed by atoms with Crippen LogP contribution in [0.25, 0.3) is 0 Å². The zero-order valence-corrected chi connectivity index (χ0v) is 35.2. The maximum Gasteiger partial charge on any atom is 0.472 e. The Bertz CT molecular complexity index is 1300. The Kier molecular flexibility index (Phi) is 33.0. The molecule has 0 saturated carbocycles. The van der Waals surface area contributed by atoms with Crippen LogP contribution in [0, 0.1) is 0 Å². The number of carbonyl (C=O) groups excluding carboxylic acids is 2. The quantitative estimate of drug-likeness (QED) is 0.0206. The van der Waals surface area contributed by atoms with E-state index in [-0.39, 0.29) is 44.8 Å². The highest BCUT2D eigenvalue weighted by atomic mass is 31.2. The Morgan fingerprint density at radius 1 is 0.661 bits per heavy atom. The van der Waals surface area contributed by atoms with Crippen LogP contribution in [0.3, 0.4) is 0 Å². The molecule has 0 aliphatic carbocycles. The summed E-state index contributed by atoms with van der Waals surface area (Å²) in [7, 11) is -4.42. The molecule has 0 aromatic heterocycles. The first-order chi connectivity index (χ1) is 27.3. The first kappa shape index (κ1) is 50.9. The van der Waals surface area contributed by atoms with E-state index in [2.05, 4.69) is 105 Å². The minimum Gasteiger partial charge on any atom is -0.462 e. The van der Waals surface area contributed by atoms with Gasteiger partial charge in [-0.15, -0.1) is 0 Å². The summed E-state index contributed by atoms with van der Waals surface area (Å²) in [5.74, 6) is -0.986. The maximum atomic E-state index is 12.6. The number of rotatable bonds is 36. The SMILES string of the molecule is CC/C=C\C/C=C\C/C=C\C/C=C\C/C=C\CCCC(=O)O[C@H](COC(=O)CCCC1OC1C/C=C\C/C=C\C/C=C\CCCCC)COP(=O)(O)OCCN.